The Bertz CT molecular complexity index is 2870. The molecule has 10 rings (SSSR count). The van der Waals surface area contributed by atoms with Crippen LogP contribution in [0.4, 0.5) is 0 Å². The molecule has 0 aliphatic rings. The fraction of sp³-hybridized carbons (Fsp3) is 0. The van der Waals surface area contributed by atoms with Crippen LogP contribution in [0.25, 0.3) is 97.0 Å². The minimum Gasteiger partial charge on any atom is -0.135 e. The smallest absolute Gasteiger partial charge is 0.0355 e. The molecule has 0 aliphatic carbocycles. The molecule has 0 spiro atoms. The van der Waals surface area contributed by atoms with Crippen molar-refractivity contribution in [3.8, 4) is 44.5 Å². The second-order valence-electron chi connectivity index (χ2n) is 12.9. The standard InChI is InChI=1S/C48H30S/c1-2-12-32(13-3-1)47-40-18-6-7-19-41(40)48(38-22-21-31-11-4-5-14-33(31)28-38)44-30-36(23-25-42(44)47)34-15-10-16-35(27-34)37-24-26-46-43(29-37)39-17-8-9-20-45(39)49-46/h1-30H. The molecule has 0 N–H and O–H groups in total. The Morgan fingerprint density at radius 3 is 1.57 bits per heavy atom. The lowest BCUT2D eigenvalue weighted by Crippen LogP contribution is -1.92. The summed E-state index contributed by atoms with van der Waals surface area (Å²) in [7, 11) is 0. The van der Waals surface area contributed by atoms with E-state index in [9.17, 15) is 0 Å². The number of hydrogen-bond acceptors (Lipinski definition) is 1. The van der Waals surface area contributed by atoms with Crippen LogP contribution in [-0.2, 0) is 0 Å². The van der Waals surface area contributed by atoms with Crippen molar-refractivity contribution < 1.29 is 0 Å². The molecule has 0 radical (unpaired) electrons. The molecule has 0 saturated carbocycles. The van der Waals surface area contributed by atoms with E-state index >= 15 is 0 Å². The first kappa shape index (κ1) is 28.0. The van der Waals surface area contributed by atoms with Crippen molar-refractivity contribution in [2.45, 2.75) is 0 Å². The summed E-state index contributed by atoms with van der Waals surface area (Å²) in [5, 5.41) is 10.2. The summed E-state index contributed by atoms with van der Waals surface area (Å²) in [5.41, 5.74) is 9.94. The van der Waals surface area contributed by atoms with Gasteiger partial charge in [0.2, 0.25) is 0 Å². The summed E-state index contributed by atoms with van der Waals surface area (Å²) in [5.74, 6) is 0. The maximum Gasteiger partial charge on any atom is 0.0355 e. The van der Waals surface area contributed by atoms with Gasteiger partial charge in [0.05, 0.1) is 0 Å². The van der Waals surface area contributed by atoms with Gasteiger partial charge in [-0.2, -0.15) is 0 Å². The van der Waals surface area contributed by atoms with Gasteiger partial charge < -0.3 is 0 Å². The topological polar surface area (TPSA) is 0 Å². The fourth-order valence-corrected chi connectivity index (χ4v) is 8.80. The summed E-state index contributed by atoms with van der Waals surface area (Å²) in [6.45, 7) is 0. The van der Waals surface area contributed by atoms with Gasteiger partial charge in [0.1, 0.15) is 0 Å². The minimum absolute atomic E-state index is 1.22. The van der Waals surface area contributed by atoms with Gasteiger partial charge in [-0.25, -0.2) is 0 Å². The van der Waals surface area contributed by atoms with Crippen molar-refractivity contribution in [3.05, 3.63) is 182 Å². The van der Waals surface area contributed by atoms with E-state index in [2.05, 4.69) is 182 Å². The van der Waals surface area contributed by atoms with E-state index in [0.29, 0.717) is 0 Å². The van der Waals surface area contributed by atoms with Crippen LogP contribution in [-0.4, -0.2) is 0 Å². The number of thiophene rings is 1. The predicted octanol–water partition coefficient (Wildman–Crippen LogP) is 14.2. The van der Waals surface area contributed by atoms with Crippen LogP contribution in [0.3, 0.4) is 0 Å². The molecule has 0 bridgehead atoms. The van der Waals surface area contributed by atoms with Gasteiger partial charge in [-0.15, -0.1) is 11.3 Å². The molecule has 1 heterocycles. The highest BCUT2D eigenvalue weighted by atomic mass is 32.1. The molecule has 0 fully saturated rings. The highest BCUT2D eigenvalue weighted by molar-refractivity contribution is 7.25. The zero-order valence-corrected chi connectivity index (χ0v) is 27.5. The molecular weight excluding hydrogens is 609 g/mol. The molecule has 0 aliphatic heterocycles. The van der Waals surface area contributed by atoms with Crippen LogP contribution in [0, 0.1) is 0 Å². The first-order valence-electron chi connectivity index (χ1n) is 16.8. The summed E-state index contributed by atoms with van der Waals surface area (Å²) in [4.78, 5) is 0. The quantitative estimate of drug-likeness (QED) is 0.168. The summed E-state index contributed by atoms with van der Waals surface area (Å²) >= 11 is 1.87. The Hall–Kier alpha value is -6.02. The van der Waals surface area contributed by atoms with E-state index in [4.69, 9.17) is 0 Å². The second kappa shape index (κ2) is 11.3. The molecule has 0 atom stereocenters. The molecule has 9 aromatic carbocycles. The largest absolute Gasteiger partial charge is 0.135 e. The molecule has 10 aromatic rings. The molecule has 0 unspecified atom stereocenters. The molecule has 0 nitrogen and oxygen atoms in total. The predicted molar refractivity (Wildman–Crippen MR) is 214 cm³/mol. The van der Waals surface area contributed by atoms with Crippen molar-refractivity contribution in [2.75, 3.05) is 0 Å². The molecule has 1 aromatic heterocycles. The van der Waals surface area contributed by atoms with Gasteiger partial charge in [0.15, 0.2) is 0 Å². The van der Waals surface area contributed by atoms with E-state index in [0.717, 1.165) is 0 Å². The third-order valence-electron chi connectivity index (χ3n) is 10.0. The zero-order chi connectivity index (χ0) is 32.3. The Labute approximate surface area is 289 Å². The van der Waals surface area contributed by atoms with Crippen LogP contribution in [0.2, 0.25) is 0 Å². The van der Waals surface area contributed by atoms with E-state index in [1.54, 1.807) is 0 Å². The van der Waals surface area contributed by atoms with Crippen LogP contribution >= 0.6 is 11.3 Å². The lowest BCUT2D eigenvalue weighted by Gasteiger charge is -2.19. The summed E-state index contributed by atoms with van der Waals surface area (Å²) < 4.78 is 2.67. The first-order valence-corrected chi connectivity index (χ1v) is 17.7. The fourth-order valence-electron chi connectivity index (χ4n) is 7.71. The number of benzene rings is 9. The average molecular weight is 639 g/mol. The monoisotopic (exact) mass is 638 g/mol. The first-order chi connectivity index (χ1) is 24.3. The highest BCUT2D eigenvalue weighted by Gasteiger charge is 2.18. The maximum atomic E-state index is 2.42. The third-order valence-corrected chi connectivity index (χ3v) is 11.2. The number of hydrogen-bond donors (Lipinski definition) is 0. The number of rotatable bonds is 4. The van der Waals surface area contributed by atoms with Crippen LogP contribution < -0.4 is 0 Å². The van der Waals surface area contributed by atoms with Gasteiger partial charge in [-0.1, -0.05) is 146 Å². The summed E-state index contributed by atoms with van der Waals surface area (Å²) in [6, 6.07) is 67.1. The normalized spacial score (nSPS) is 11.7. The SMILES string of the molecule is c1ccc(-c2c3ccccc3c(-c3ccc4ccccc4c3)c3cc(-c4cccc(-c5ccc6sc7ccccc7c6c5)c4)ccc23)cc1. The zero-order valence-electron chi connectivity index (χ0n) is 26.7. The van der Waals surface area contributed by atoms with E-state index < -0.39 is 0 Å². The van der Waals surface area contributed by atoms with Gasteiger partial charge in [0, 0.05) is 20.2 Å². The Kier molecular flexibility index (Phi) is 6.47. The second-order valence-corrected chi connectivity index (χ2v) is 14.0. The molecule has 49 heavy (non-hydrogen) atoms. The van der Waals surface area contributed by atoms with Crippen LogP contribution in [0.1, 0.15) is 0 Å². The molecule has 0 amide bonds. The van der Waals surface area contributed by atoms with Gasteiger partial charge in [0.25, 0.3) is 0 Å². The Balaban J connectivity index is 1.21. The van der Waals surface area contributed by atoms with Gasteiger partial charge in [-0.05, 0) is 113 Å². The van der Waals surface area contributed by atoms with Gasteiger partial charge >= 0.3 is 0 Å². The third kappa shape index (κ3) is 4.66. The number of fused-ring (bicyclic) bond motifs is 6. The molecule has 1 heteroatoms. The van der Waals surface area contributed by atoms with Crippen molar-refractivity contribution in [1.29, 1.82) is 0 Å². The van der Waals surface area contributed by atoms with Crippen molar-refractivity contribution in [2.24, 2.45) is 0 Å². The Morgan fingerprint density at radius 1 is 0.245 bits per heavy atom. The van der Waals surface area contributed by atoms with Crippen molar-refractivity contribution >= 4 is 63.8 Å². The summed E-state index contributed by atoms with van der Waals surface area (Å²) in [6.07, 6.45) is 0. The highest BCUT2D eigenvalue weighted by Crippen LogP contribution is 2.45. The molecule has 228 valence electrons. The lowest BCUT2D eigenvalue weighted by molar-refractivity contribution is 1.61. The lowest BCUT2D eigenvalue weighted by atomic mass is 9.84. The van der Waals surface area contributed by atoms with E-state index in [1.807, 2.05) is 11.3 Å². The van der Waals surface area contributed by atoms with E-state index in [1.165, 1.54) is 97.0 Å². The molecule has 0 saturated heterocycles. The maximum absolute atomic E-state index is 2.42. The Morgan fingerprint density at radius 2 is 0.776 bits per heavy atom. The average Bonchev–Trinajstić information content (AvgIpc) is 3.55. The van der Waals surface area contributed by atoms with Crippen molar-refractivity contribution in [1.82, 2.24) is 0 Å². The van der Waals surface area contributed by atoms with E-state index in [-0.39, 0.29) is 0 Å². The van der Waals surface area contributed by atoms with Crippen LogP contribution in [0.5, 0.6) is 0 Å². The van der Waals surface area contributed by atoms with Crippen molar-refractivity contribution in [3.63, 3.8) is 0 Å². The minimum atomic E-state index is 1.22. The molecular formula is C48H30S. The van der Waals surface area contributed by atoms with Gasteiger partial charge in [-0.3, -0.25) is 0 Å². The van der Waals surface area contributed by atoms with Crippen LogP contribution in [0.15, 0.2) is 182 Å².